The molecule has 1 saturated carbocycles. The van der Waals surface area contributed by atoms with Crippen LogP contribution in [0.4, 0.5) is 0 Å². The molecule has 0 aromatic carbocycles. The Morgan fingerprint density at radius 3 is 2.89 bits per heavy atom. The fraction of sp³-hybridized carbons (Fsp3) is 0.750. The Bertz CT molecular complexity index is 367. The SMILES string of the molecule is CCCNCc1oc(COCC2CCCC2)cc1C. The van der Waals surface area contributed by atoms with Crippen molar-refractivity contribution < 1.29 is 9.15 Å². The van der Waals surface area contributed by atoms with E-state index in [0.717, 1.165) is 43.6 Å². The average molecular weight is 265 g/mol. The van der Waals surface area contributed by atoms with Crippen LogP contribution in [0.3, 0.4) is 0 Å². The first-order valence-electron chi connectivity index (χ1n) is 7.66. The Kier molecular flexibility index (Phi) is 5.93. The summed E-state index contributed by atoms with van der Waals surface area (Å²) < 4.78 is 11.6. The molecule has 2 rings (SSSR count). The Morgan fingerprint density at radius 2 is 2.16 bits per heavy atom. The van der Waals surface area contributed by atoms with Crippen LogP contribution in [0.1, 0.15) is 56.1 Å². The highest BCUT2D eigenvalue weighted by atomic mass is 16.5. The number of aryl methyl sites for hydroxylation is 1. The molecule has 0 bridgehead atoms. The van der Waals surface area contributed by atoms with Crippen LogP contribution in [0, 0.1) is 12.8 Å². The molecule has 0 aliphatic heterocycles. The number of rotatable bonds is 8. The second kappa shape index (κ2) is 7.71. The molecule has 19 heavy (non-hydrogen) atoms. The lowest BCUT2D eigenvalue weighted by Crippen LogP contribution is -2.13. The molecule has 3 nitrogen and oxygen atoms in total. The van der Waals surface area contributed by atoms with E-state index in [1.54, 1.807) is 0 Å². The molecular weight excluding hydrogens is 238 g/mol. The van der Waals surface area contributed by atoms with Gasteiger partial charge in [0.15, 0.2) is 0 Å². The molecule has 1 N–H and O–H groups in total. The summed E-state index contributed by atoms with van der Waals surface area (Å²) in [5.41, 5.74) is 1.23. The maximum absolute atomic E-state index is 5.84. The van der Waals surface area contributed by atoms with Crippen molar-refractivity contribution in [3.8, 4) is 0 Å². The zero-order valence-corrected chi connectivity index (χ0v) is 12.3. The molecule has 0 amide bonds. The van der Waals surface area contributed by atoms with Crippen LogP contribution >= 0.6 is 0 Å². The molecule has 0 unspecified atom stereocenters. The molecule has 3 heteroatoms. The molecule has 1 heterocycles. The van der Waals surface area contributed by atoms with Crippen LogP contribution in [-0.4, -0.2) is 13.2 Å². The molecule has 0 atom stereocenters. The second-order valence-corrected chi connectivity index (χ2v) is 5.66. The summed E-state index contributed by atoms with van der Waals surface area (Å²) >= 11 is 0. The highest BCUT2D eigenvalue weighted by molar-refractivity contribution is 5.19. The van der Waals surface area contributed by atoms with Gasteiger partial charge in [-0.3, -0.25) is 0 Å². The average Bonchev–Trinajstić information content (AvgIpc) is 3.01. The van der Waals surface area contributed by atoms with Crippen molar-refractivity contribution >= 4 is 0 Å². The molecule has 108 valence electrons. The van der Waals surface area contributed by atoms with Crippen molar-refractivity contribution in [1.82, 2.24) is 5.32 Å². The number of hydrogen-bond acceptors (Lipinski definition) is 3. The third-order valence-corrected chi connectivity index (χ3v) is 3.86. The standard InChI is InChI=1S/C16H27NO2/c1-3-8-17-10-16-13(2)9-15(19-16)12-18-11-14-6-4-5-7-14/h9,14,17H,3-8,10-12H2,1-2H3. The summed E-state index contributed by atoms with van der Waals surface area (Å²) in [7, 11) is 0. The third kappa shape index (κ3) is 4.66. The highest BCUT2D eigenvalue weighted by Gasteiger charge is 2.15. The third-order valence-electron chi connectivity index (χ3n) is 3.86. The minimum atomic E-state index is 0.616. The zero-order valence-electron chi connectivity index (χ0n) is 12.3. The number of furan rings is 1. The molecule has 1 aromatic heterocycles. The summed E-state index contributed by atoms with van der Waals surface area (Å²) in [6.45, 7) is 7.64. The monoisotopic (exact) mass is 265 g/mol. The van der Waals surface area contributed by atoms with Crippen molar-refractivity contribution in [3.63, 3.8) is 0 Å². The van der Waals surface area contributed by atoms with Gasteiger partial charge in [0.1, 0.15) is 18.1 Å². The Hall–Kier alpha value is -0.800. The van der Waals surface area contributed by atoms with E-state index >= 15 is 0 Å². The molecule has 1 aromatic rings. The lowest BCUT2D eigenvalue weighted by atomic mass is 10.1. The van der Waals surface area contributed by atoms with Crippen molar-refractivity contribution in [2.45, 2.75) is 59.1 Å². The Balaban J connectivity index is 1.72. The Morgan fingerprint density at radius 1 is 1.37 bits per heavy atom. The van der Waals surface area contributed by atoms with Gasteiger partial charge in [0.2, 0.25) is 0 Å². The van der Waals surface area contributed by atoms with Gasteiger partial charge in [-0.1, -0.05) is 19.8 Å². The summed E-state index contributed by atoms with van der Waals surface area (Å²) in [5, 5.41) is 3.37. The molecule has 0 radical (unpaired) electrons. The predicted molar refractivity (Wildman–Crippen MR) is 77.1 cm³/mol. The van der Waals surface area contributed by atoms with Gasteiger partial charge in [0.05, 0.1) is 6.54 Å². The van der Waals surface area contributed by atoms with Gasteiger partial charge in [-0.25, -0.2) is 0 Å². The van der Waals surface area contributed by atoms with E-state index in [1.165, 1.54) is 31.2 Å². The molecule has 1 aliphatic carbocycles. The van der Waals surface area contributed by atoms with Gasteiger partial charge < -0.3 is 14.5 Å². The van der Waals surface area contributed by atoms with Gasteiger partial charge in [0, 0.05) is 6.61 Å². The summed E-state index contributed by atoms with van der Waals surface area (Å²) in [6, 6.07) is 2.11. The summed E-state index contributed by atoms with van der Waals surface area (Å²) in [5.74, 6) is 2.79. The fourth-order valence-corrected chi connectivity index (χ4v) is 2.72. The van der Waals surface area contributed by atoms with Crippen LogP contribution in [0.15, 0.2) is 10.5 Å². The molecule has 1 fully saturated rings. The molecular formula is C16H27NO2. The van der Waals surface area contributed by atoms with Crippen LogP contribution in [-0.2, 0) is 17.9 Å². The van der Waals surface area contributed by atoms with Crippen molar-refractivity contribution in [1.29, 1.82) is 0 Å². The lowest BCUT2D eigenvalue weighted by Gasteiger charge is -2.08. The molecule has 0 spiro atoms. The molecule has 0 saturated heterocycles. The van der Waals surface area contributed by atoms with E-state index in [4.69, 9.17) is 9.15 Å². The quantitative estimate of drug-likeness (QED) is 0.726. The normalized spacial score (nSPS) is 16.3. The summed E-state index contributed by atoms with van der Waals surface area (Å²) in [6.07, 6.45) is 6.58. The first-order valence-corrected chi connectivity index (χ1v) is 7.66. The van der Waals surface area contributed by atoms with E-state index in [9.17, 15) is 0 Å². The number of nitrogens with one attached hydrogen (secondary N) is 1. The van der Waals surface area contributed by atoms with Crippen molar-refractivity contribution in [2.75, 3.05) is 13.2 Å². The number of ether oxygens (including phenoxy) is 1. The number of hydrogen-bond donors (Lipinski definition) is 1. The van der Waals surface area contributed by atoms with Crippen LogP contribution in [0.2, 0.25) is 0 Å². The predicted octanol–water partition coefficient (Wildman–Crippen LogP) is 3.79. The van der Waals surface area contributed by atoms with E-state index in [1.807, 2.05) is 0 Å². The van der Waals surface area contributed by atoms with Gasteiger partial charge in [-0.15, -0.1) is 0 Å². The fourth-order valence-electron chi connectivity index (χ4n) is 2.72. The van der Waals surface area contributed by atoms with Gasteiger partial charge >= 0.3 is 0 Å². The van der Waals surface area contributed by atoms with Crippen molar-refractivity contribution in [3.05, 3.63) is 23.2 Å². The van der Waals surface area contributed by atoms with Gasteiger partial charge in [0.25, 0.3) is 0 Å². The van der Waals surface area contributed by atoms with E-state index < -0.39 is 0 Å². The highest BCUT2D eigenvalue weighted by Crippen LogP contribution is 2.25. The van der Waals surface area contributed by atoms with E-state index in [0.29, 0.717) is 6.61 Å². The minimum absolute atomic E-state index is 0.616. The topological polar surface area (TPSA) is 34.4 Å². The van der Waals surface area contributed by atoms with Crippen LogP contribution < -0.4 is 5.32 Å². The van der Waals surface area contributed by atoms with Gasteiger partial charge in [-0.2, -0.15) is 0 Å². The maximum Gasteiger partial charge on any atom is 0.130 e. The second-order valence-electron chi connectivity index (χ2n) is 5.66. The first kappa shape index (κ1) is 14.6. The van der Waals surface area contributed by atoms with E-state index in [2.05, 4.69) is 25.2 Å². The van der Waals surface area contributed by atoms with Crippen LogP contribution in [0.5, 0.6) is 0 Å². The molecule has 1 aliphatic rings. The first-order chi connectivity index (χ1) is 9.29. The van der Waals surface area contributed by atoms with Crippen molar-refractivity contribution in [2.24, 2.45) is 5.92 Å². The van der Waals surface area contributed by atoms with E-state index in [-0.39, 0.29) is 0 Å². The van der Waals surface area contributed by atoms with Gasteiger partial charge in [-0.05, 0) is 50.3 Å². The van der Waals surface area contributed by atoms with Crippen LogP contribution in [0.25, 0.3) is 0 Å². The smallest absolute Gasteiger partial charge is 0.130 e. The maximum atomic E-state index is 5.84. The minimum Gasteiger partial charge on any atom is -0.462 e. The Labute approximate surface area is 116 Å². The lowest BCUT2D eigenvalue weighted by molar-refractivity contribution is 0.0764. The zero-order chi connectivity index (χ0) is 13.5. The summed E-state index contributed by atoms with van der Waals surface area (Å²) in [4.78, 5) is 0. The largest absolute Gasteiger partial charge is 0.462 e.